The molecule has 1 aliphatic carbocycles. The number of hydrogen-bond donors (Lipinski definition) is 0. The van der Waals surface area contributed by atoms with Gasteiger partial charge in [0.05, 0.1) is 20.1 Å². The van der Waals surface area contributed by atoms with Gasteiger partial charge in [0.15, 0.2) is 0 Å². The van der Waals surface area contributed by atoms with Crippen LogP contribution in [0.5, 0.6) is 17.2 Å². The maximum atomic E-state index is 15.0. The molecule has 4 aromatic rings. The van der Waals surface area contributed by atoms with Gasteiger partial charge in [-0.25, -0.2) is 4.79 Å². The second-order valence-corrected chi connectivity index (χ2v) is 14.9. The second-order valence-electron chi connectivity index (χ2n) is 14.9. The standard InChI is InChI=1S/C42H53N3O7/c1-42(2,3)52-41(47)44-19-17-36(30-12-9-11-29(21-30)28-51-35-23-33(49-5)22-34(24-35)50-6)38(27-44)40(46)45(32-15-16-32)26-31-25-43(18-10-20-48-4)39-14-8-7-13-37(31)39/h7-9,11-14,21-25,32,36,38H,10,15-20,26-28H2,1-6H3/t36-,38+/m1/s1. The van der Waals surface area contributed by atoms with Crippen LogP contribution in [0.15, 0.2) is 72.9 Å². The fraction of sp³-hybridized carbons (Fsp3) is 0.476. The Morgan fingerprint density at radius 2 is 1.62 bits per heavy atom. The average Bonchev–Trinajstić information content (AvgIpc) is 3.93. The van der Waals surface area contributed by atoms with Crippen molar-refractivity contribution in [2.24, 2.45) is 5.92 Å². The fourth-order valence-electron chi connectivity index (χ4n) is 7.22. The predicted molar refractivity (Wildman–Crippen MR) is 201 cm³/mol. The van der Waals surface area contributed by atoms with Gasteiger partial charge in [0.25, 0.3) is 0 Å². The van der Waals surface area contributed by atoms with Gasteiger partial charge in [0.1, 0.15) is 29.5 Å². The summed E-state index contributed by atoms with van der Waals surface area (Å²) in [4.78, 5) is 32.2. The monoisotopic (exact) mass is 711 g/mol. The maximum absolute atomic E-state index is 15.0. The molecule has 2 aliphatic rings. The van der Waals surface area contributed by atoms with Crippen LogP contribution in [0.1, 0.15) is 69.1 Å². The van der Waals surface area contributed by atoms with E-state index in [-0.39, 0.29) is 24.0 Å². The van der Waals surface area contributed by atoms with Crippen molar-refractivity contribution in [1.82, 2.24) is 14.4 Å². The largest absolute Gasteiger partial charge is 0.496 e. The molecular formula is C42H53N3O7. The van der Waals surface area contributed by atoms with Gasteiger partial charge in [-0.2, -0.15) is 0 Å². The van der Waals surface area contributed by atoms with E-state index in [1.54, 1.807) is 32.3 Å². The molecular weight excluding hydrogens is 658 g/mol. The molecule has 10 nitrogen and oxygen atoms in total. The highest BCUT2D eigenvalue weighted by molar-refractivity contribution is 5.86. The molecule has 2 heterocycles. The molecule has 0 radical (unpaired) electrons. The molecule has 1 saturated carbocycles. The quantitative estimate of drug-likeness (QED) is 0.123. The molecule has 1 aliphatic heterocycles. The van der Waals surface area contributed by atoms with E-state index in [0.29, 0.717) is 56.5 Å². The van der Waals surface area contributed by atoms with Gasteiger partial charge in [-0.15, -0.1) is 0 Å². The third kappa shape index (κ3) is 9.02. The highest BCUT2D eigenvalue weighted by Gasteiger charge is 2.43. The van der Waals surface area contributed by atoms with Crippen molar-refractivity contribution >= 4 is 22.9 Å². The minimum absolute atomic E-state index is 0.0836. The number of ether oxygens (including phenoxy) is 5. The van der Waals surface area contributed by atoms with E-state index < -0.39 is 11.5 Å². The van der Waals surface area contributed by atoms with Gasteiger partial charge in [-0.1, -0.05) is 42.5 Å². The lowest BCUT2D eigenvalue weighted by Crippen LogP contribution is -2.51. The first-order valence-electron chi connectivity index (χ1n) is 18.4. The zero-order valence-electron chi connectivity index (χ0n) is 31.4. The predicted octanol–water partition coefficient (Wildman–Crippen LogP) is 7.81. The van der Waals surface area contributed by atoms with Crippen molar-refractivity contribution in [2.45, 2.75) is 83.7 Å². The van der Waals surface area contributed by atoms with Crippen molar-refractivity contribution < 1.29 is 33.3 Å². The summed E-state index contributed by atoms with van der Waals surface area (Å²) in [5, 5.41) is 1.16. The summed E-state index contributed by atoms with van der Waals surface area (Å²) >= 11 is 0. The van der Waals surface area contributed by atoms with Crippen LogP contribution in [0.3, 0.4) is 0 Å². The molecule has 2 amide bonds. The minimum Gasteiger partial charge on any atom is -0.496 e. The second kappa shape index (κ2) is 16.3. The van der Waals surface area contributed by atoms with Crippen molar-refractivity contribution in [3.05, 3.63) is 89.6 Å². The first kappa shape index (κ1) is 37.1. The summed E-state index contributed by atoms with van der Waals surface area (Å²) in [6.45, 7) is 8.80. The van der Waals surface area contributed by atoms with E-state index in [1.807, 2.05) is 45.0 Å². The van der Waals surface area contributed by atoms with E-state index in [0.717, 1.165) is 53.4 Å². The molecule has 2 atom stereocenters. The van der Waals surface area contributed by atoms with Gasteiger partial charge in [-0.05, 0) is 75.1 Å². The number of rotatable bonds is 14. The SMILES string of the molecule is COCCCn1cc(CN(C(=O)[C@H]2CN(C(=O)OC(C)(C)C)CC[C@@H]2c2cccc(COc3cc(OC)cc(OC)c3)c2)C2CC2)c2ccccc21. The zero-order chi connectivity index (χ0) is 36.8. The van der Waals surface area contributed by atoms with Crippen LogP contribution in [0.4, 0.5) is 4.79 Å². The Balaban J connectivity index is 1.27. The number of carbonyl (C=O) groups excluding carboxylic acids is 2. The molecule has 0 N–H and O–H groups in total. The fourth-order valence-corrected chi connectivity index (χ4v) is 7.22. The maximum Gasteiger partial charge on any atom is 0.410 e. The Kier molecular flexibility index (Phi) is 11.6. The van der Waals surface area contributed by atoms with Crippen molar-refractivity contribution in [2.75, 3.05) is 41.0 Å². The first-order valence-corrected chi connectivity index (χ1v) is 18.4. The molecule has 0 spiro atoms. The topological polar surface area (TPSA) is 91.7 Å². The molecule has 2 fully saturated rings. The summed E-state index contributed by atoms with van der Waals surface area (Å²) in [6.07, 6.45) is 5.33. The number of amides is 2. The van der Waals surface area contributed by atoms with Crippen LogP contribution in [-0.2, 0) is 34.0 Å². The molecule has 1 aromatic heterocycles. The van der Waals surface area contributed by atoms with Crippen LogP contribution in [0, 0.1) is 5.92 Å². The smallest absolute Gasteiger partial charge is 0.410 e. The molecule has 0 unspecified atom stereocenters. The number of fused-ring (bicyclic) bond motifs is 1. The summed E-state index contributed by atoms with van der Waals surface area (Å²) in [5.41, 5.74) is 3.72. The summed E-state index contributed by atoms with van der Waals surface area (Å²) in [5.74, 6) is 1.51. The van der Waals surface area contributed by atoms with Crippen LogP contribution in [0.2, 0.25) is 0 Å². The number of carbonyl (C=O) groups is 2. The van der Waals surface area contributed by atoms with Gasteiger partial charge < -0.3 is 38.1 Å². The lowest BCUT2D eigenvalue weighted by molar-refractivity contribution is -0.139. The molecule has 0 bridgehead atoms. The third-order valence-electron chi connectivity index (χ3n) is 9.92. The van der Waals surface area contributed by atoms with Gasteiger partial charge >= 0.3 is 6.09 Å². The molecule has 1 saturated heterocycles. The van der Waals surface area contributed by atoms with E-state index in [9.17, 15) is 9.59 Å². The lowest BCUT2D eigenvalue weighted by Gasteiger charge is -2.40. The van der Waals surface area contributed by atoms with E-state index in [1.165, 1.54) is 0 Å². The third-order valence-corrected chi connectivity index (χ3v) is 9.92. The number of para-hydroxylation sites is 1. The van der Waals surface area contributed by atoms with Crippen LogP contribution in [0.25, 0.3) is 10.9 Å². The number of methoxy groups -OCH3 is 3. The normalized spacial score (nSPS) is 17.5. The highest BCUT2D eigenvalue weighted by Crippen LogP contribution is 2.39. The molecule has 6 rings (SSSR count). The number of hydrogen-bond acceptors (Lipinski definition) is 7. The molecule has 10 heteroatoms. The van der Waals surface area contributed by atoms with E-state index in [2.05, 4.69) is 52.1 Å². The zero-order valence-corrected chi connectivity index (χ0v) is 31.4. The number of piperidine rings is 1. The number of likely N-dealkylation sites (tertiary alicyclic amines) is 1. The minimum atomic E-state index is -0.633. The number of aromatic nitrogens is 1. The van der Waals surface area contributed by atoms with Crippen LogP contribution >= 0.6 is 0 Å². The van der Waals surface area contributed by atoms with Gasteiger partial charge in [0.2, 0.25) is 5.91 Å². The Bertz CT molecular complexity index is 1820. The Morgan fingerprint density at radius 3 is 2.31 bits per heavy atom. The van der Waals surface area contributed by atoms with E-state index >= 15 is 0 Å². The number of nitrogens with zero attached hydrogens (tertiary/aromatic N) is 3. The lowest BCUT2D eigenvalue weighted by atomic mass is 9.79. The van der Waals surface area contributed by atoms with Crippen LogP contribution < -0.4 is 14.2 Å². The molecule has 52 heavy (non-hydrogen) atoms. The van der Waals surface area contributed by atoms with Crippen molar-refractivity contribution in [3.8, 4) is 17.2 Å². The first-order chi connectivity index (χ1) is 25.1. The summed E-state index contributed by atoms with van der Waals surface area (Å²) in [7, 11) is 4.95. The summed E-state index contributed by atoms with van der Waals surface area (Å²) < 4.78 is 30.4. The Morgan fingerprint density at radius 1 is 0.885 bits per heavy atom. The highest BCUT2D eigenvalue weighted by atomic mass is 16.6. The van der Waals surface area contributed by atoms with Gasteiger partial charge in [-0.3, -0.25) is 4.79 Å². The number of aryl methyl sites for hydroxylation is 1. The average molecular weight is 712 g/mol. The summed E-state index contributed by atoms with van der Waals surface area (Å²) in [6, 6.07) is 22.4. The van der Waals surface area contributed by atoms with Crippen molar-refractivity contribution in [3.63, 3.8) is 0 Å². The van der Waals surface area contributed by atoms with Gasteiger partial charge in [0, 0.05) is 81.2 Å². The Hall–Kier alpha value is -4.70. The van der Waals surface area contributed by atoms with Crippen LogP contribution in [-0.4, -0.2) is 79.0 Å². The van der Waals surface area contributed by atoms with E-state index in [4.69, 9.17) is 23.7 Å². The molecule has 278 valence electrons. The van der Waals surface area contributed by atoms with Crippen molar-refractivity contribution in [1.29, 1.82) is 0 Å². The molecule has 3 aromatic carbocycles. The number of benzene rings is 3. The Labute approximate surface area is 307 Å².